The molecule has 4 aromatic rings. The first kappa shape index (κ1) is 24.1. The molecule has 0 atom stereocenters. The zero-order valence-corrected chi connectivity index (χ0v) is 21.8. The number of anilines is 1. The van der Waals surface area contributed by atoms with Crippen LogP contribution in [0.3, 0.4) is 0 Å². The molecule has 0 spiro atoms. The van der Waals surface area contributed by atoms with Crippen LogP contribution in [0.25, 0.3) is 22.2 Å². The number of fused-ring (bicyclic) bond motifs is 1. The number of rotatable bonds is 5. The lowest BCUT2D eigenvalue weighted by Gasteiger charge is -2.27. The van der Waals surface area contributed by atoms with Crippen molar-refractivity contribution < 1.29 is 5.11 Å². The Balaban J connectivity index is 1.36. The fourth-order valence-electron chi connectivity index (χ4n) is 4.13. The van der Waals surface area contributed by atoms with E-state index in [1.807, 2.05) is 46.3 Å². The monoisotopic (exact) mass is 544 g/mol. The summed E-state index contributed by atoms with van der Waals surface area (Å²) in [6.07, 6.45) is 3.57. The molecule has 7 nitrogen and oxygen atoms in total. The summed E-state index contributed by atoms with van der Waals surface area (Å²) in [5.74, 6) is 0.0404. The summed E-state index contributed by atoms with van der Waals surface area (Å²) < 4.78 is 1.85. The topological polar surface area (TPSA) is 78.0 Å². The average molecular weight is 546 g/mol. The Morgan fingerprint density at radius 2 is 1.83 bits per heavy atom. The number of halogens is 2. The normalized spacial score (nSPS) is 14.7. The molecule has 0 amide bonds. The fourth-order valence-corrected chi connectivity index (χ4v) is 5.35. The molecule has 11 heteroatoms. The third-order valence-corrected chi connectivity index (χ3v) is 7.29. The van der Waals surface area contributed by atoms with Gasteiger partial charge in [0.2, 0.25) is 11.0 Å². The van der Waals surface area contributed by atoms with E-state index in [1.54, 1.807) is 6.07 Å². The van der Waals surface area contributed by atoms with E-state index < -0.39 is 0 Å². The van der Waals surface area contributed by atoms with Crippen molar-refractivity contribution in [1.82, 2.24) is 14.5 Å². The number of aromatic hydroxyl groups is 1. The predicted molar refractivity (Wildman–Crippen MR) is 147 cm³/mol. The van der Waals surface area contributed by atoms with Crippen molar-refractivity contribution >= 4 is 73.6 Å². The fraction of sp³-hybridized carbons (Fsp3) is 0.250. The summed E-state index contributed by atoms with van der Waals surface area (Å²) in [4.78, 5) is 6.88. The van der Waals surface area contributed by atoms with Crippen molar-refractivity contribution in [2.75, 3.05) is 18.4 Å². The van der Waals surface area contributed by atoms with E-state index in [0.29, 0.717) is 27.5 Å². The summed E-state index contributed by atoms with van der Waals surface area (Å²) in [6, 6.07) is 13.0. The smallest absolute Gasteiger partial charge is 0.221 e. The van der Waals surface area contributed by atoms with E-state index >= 15 is 0 Å². The van der Waals surface area contributed by atoms with Gasteiger partial charge in [0.05, 0.1) is 17.9 Å². The highest BCUT2D eigenvalue weighted by molar-refractivity contribution is 7.80. The Morgan fingerprint density at radius 3 is 2.60 bits per heavy atom. The van der Waals surface area contributed by atoms with Gasteiger partial charge in [-0.3, -0.25) is 9.47 Å². The van der Waals surface area contributed by atoms with Crippen LogP contribution in [0.4, 0.5) is 10.8 Å². The highest BCUT2D eigenvalue weighted by atomic mass is 35.5. The van der Waals surface area contributed by atoms with Crippen LogP contribution in [0.1, 0.15) is 19.3 Å². The molecule has 2 N–H and O–H groups in total. The van der Waals surface area contributed by atoms with E-state index in [2.05, 4.69) is 25.4 Å². The molecule has 2 aromatic carbocycles. The van der Waals surface area contributed by atoms with Gasteiger partial charge in [0.15, 0.2) is 10.8 Å². The van der Waals surface area contributed by atoms with Crippen molar-refractivity contribution in [1.29, 1.82) is 0 Å². The first-order valence-electron chi connectivity index (χ1n) is 11.2. The zero-order chi connectivity index (χ0) is 24.4. The summed E-state index contributed by atoms with van der Waals surface area (Å²) in [7, 11) is 0. The van der Waals surface area contributed by atoms with E-state index in [1.165, 1.54) is 17.8 Å². The van der Waals surface area contributed by atoms with Gasteiger partial charge in [-0.25, -0.2) is 4.98 Å². The van der Waals surface area contributed by atoms with Crippen molar-refractivity contribution in [3.05, 3.63) is 57.9 Å². The number of piperidine rings is 1. The molecule has 5 rings (SSSR count). The Labute approximate surface area is 222 Å². The highest BCUT2D eigenvalue weighted by Gasteiger charge is 2.20. The Kier molecular flexibility index (Phi) is 7.31. The van der Waals surface area contributed by atoms with Gasteiger partial charge in [0.1, 0.15) is 0 Å². The summed E-state index contributed by atoms with van der Waals surface area (Å²) in [6.45, 7) is 2.58. The number of thiocarbonyl (C=S) groups is 1. The Morgan fingerprint density at radius 1 is 1.09 bits per heavy atom. The summed E-state index contributed by atoms with van der Waals surface area (Å²) >= 11 is 19.0. The van der Waals surface area contributed by atoms with Crippen LogP contribution in [0, 0.1) is 0 Å². The molecule has 1 aliphatic heterocycles. The molecule has 35 heavy (non-hydrogen) atoms. The van der Waals surface area contributed by atoms with E-state index in [4.69, 9.17) is 35.4 Å². The molecule has 180 valence electrons. The molecule has 0 radical (unpaired) electrons. The van der Waals surface area contributed by atoms with Crippen molar-refractivity contribution in [3.8, 4) is 17.1 Å². The average Bonchev–Trinajstić information content (AvgIpc) is 3.41. The number of aromatic nitrogens is 2. The van der Waals surface area contributed by atoms with Gasteiger partial charge in [-0.15, -0.1) is 21.6 Å². The first-order valence-corrected chi connectivity index (χ1v) is 13.2. The van der Waals surface area contributed by atoms with Crippen LogP contribution in [0.2, 0.25) is 10.0 Å². The maximum atomic E-state index is 11.0. The highest BCUT2D eigenvalue weighted by Crippen LogP contribution is 2.40. The number of hydrogen-bond acceptors (Lipinski definition) is 6. The van der Waals surface area contributed by atoms with Crippen LogP contribution < -0.4 is 5.32 Å². The number of benzene rings is 2. The standard InChI is InChI=1S/C24H22Cl2N6OS2/c25-16-6-4-15(5-7-16)19-13-35-24(27-19)28-23(34)30-29-21-18-12-17(26)8-9-20(18)32(22(21)33)14-31-10-2-1-3-11-31/h4-9,12-13,33H,1-3,10-11,14H2,(H,27,28,34). The molecule has 2 aromatic heterocycles. The van der Waals surface area contributed by atoms with Crippen LogP contribution >= 0.6 is 46.8 Å². The number of azo groups is 1. The first-order chi connectivity index (χ1) is 17.0. The molecular formula is C24H22Cl2N6OS2. The van der Waals surface area contributed by atoms with E-state index in [9.17, 15) is 5.11 Å². The molecule has 0 aliphatic carbocycles. The Bertz CT molecular complexity index is 1390. The number of likely N-dealkylation sites (tertiary alicyclic amines) is 1. The molecule has 0 bridgehead atoms. The number of nitrogens with one attached hydrogen (secondary N) is 1. The van der Waals surface area contributed by atoms with Gasteiger partial charge in [0.25, 0.3) is 0 Å². The van der Waals surface area contributed by atoms with Crippen LogP contribution in [0.5, 0.6) is 5.88 Å². The second-order valence-electron chi connectivity index (χ2n) is 8.26. The lowest BCUT2D eigenvalue weighted by Crippen LogP contribution is -2.31. The van der Waals surface area contributed by atoms with Gasteiger partial charge in [-0.2, -0.15) is 0 Å². The minimum absolute atomic E-state index is 0.0404. The minimum Gasteiger partial charge on any atom is -0.493 e. The molecule has 1 fully saturated rings. The number of thiazole rings is 1. The molecule has 0 unspecified atom stereocenters. The molecule has 1 aliphatic rings. The second-order valence-corrected chi connectivity index (χ2v) is 10.4. The molecular weight excluding hydrogens is 523 g/mol. The van der Waals surface area contributed by atoms with Gasteiger partial charge in [-0.05, 0) is 68.5 Å². The Hall–Kier alpha value is -2.56. The second kappa shape index (κ2) is 10.6. The van der Waals surface area contributed by atoms with Crippen LogP contribution in [-0.4, -0.2) is 37.8 Å². The van der Waals surface area contributed by atoms with Gasteiger partial charge in [0, 0.05) is 26.4 Å². The van der Waals surface area contributed by atoms with E-state index in [0.717, 1.165) is 48.1 Å². The quantitative estimate of drug-likeness (QED) is 0.199. The largest absolute Gasteiger partial charge is 0.493 e. The summed E-state index contributed by atoms with van der Waals surface area (Å²) in [5.41, 5.74) is 2.94. The number of hydrogen-bond donors (Lipinski definition) is 2. The summed E-state index contributed by atoms with van der Waals surface area (Å²) in [5, 5.41) is 27.1. The third kappa shape index (κ3) is 5.49. The predicted octanol–water partition coefficient (Wildman–Crippen LogP) is 7.70. The molecule has 0 saturated carbocycles. The van der Waals surface area contributed by atoms with Gasteiger partial charge < -0.3 is 10.4 Å². The zero-order valence-electron chi connectivity index (χ0n) is 18.6. The SMILES string of the molecule is Oc1c(N=NC(=S)Nc2nc(-c3ccc(Cl)cc3)cs2)c2cc(Cl)ccc2n1CN1CCCCC1. The van der Waals surface area contributed by atoms with E-state index in [-0.39, 0.29) is 11.0 Å². The lowest BCUT2D eigenvalue weighted by atomic mass is 10.1. The van der Waals surface area contributed by atoms with Crippen molar-refractivity contribution in [2.45, 2.75) is 25.9 Å². The third-order valence-electron chi connectivity index (χ3n) is 5.86. The van der Waals surface area contributed by atoms with Gasteiger partial charge >= 0.3 is 0 Å². The van der Waals surface area contributed by atoms with Crippen molar-refractivity contribution in [2.24, 2.45) is 10.2 Å². The maximum Gasteiger partial charge on any atom is 0.221 e. The van der Waals surface area contributed by atoms with Crippen molar-refractivity contribution in [3.63, 3.8) is 0 Å². The molecule has 1 saturated heterocycles. The maximum absolute atomic E-state index is 11.0. The lowest BCUT2D eigenvalue weighted by molar-refractivity contribution is 0.178. The number of nitrogens with zero attached hydrogens (tertiary/aromatic N) is 5. The minimum atomic E-state index is 0.0404. The molecule has 3 heterocycles. The van der Waals surface area contributed by atoms with Crippen LogP contribution in [-0.2, 0) is 6.67 Å². The van der Waals surface area contributed by atoms with Crippen LogP contribution in [0.15, 0.2) is 58.1 Å². The van der Waals surface area contributed by atoms with Gasteiger partial charge in [-0.1, -0.05) is 41.8 Å².